The lowest BCUT2D eigenvalue weighted by atomic mass is 10.1. The van der Waals surface area contributed by atoms with Crippen LogP contribution in [0.15, 0.2) is 24.3 Å². The number of tetrazole rings is 1. The summed E-state index contributed by atoms with van der Waals surface area (Å²) in [6, 6.07) is 9.71. The Bertz CT molecular complexity index is 540. The summed E-state index contributed by atoms with van der Waals surface area (Å²) in [6.07, 6.45) is 1.94. The van der Waals surface area contributed by atoms with E-state index in [1.165, 1.54) is 0 Å². The van der Waals surface area contributed by atoms with Crippen LogP contribution in [0.1, 0.15) is 24.2 Å². The lowest BCUT2D eigenvalue weighted by Gasteiger charge is -2.03. The number of nitrogens with zero attached hydrogens (tertiary/aromatic N) is 5. The van der Waals surface area contributed by atoms with Gasteiger partial charge in [-0.25, -0.2) is 4.68 Å². The van der Waals surface area contributed by atoms with Crippen molar-refractivity contribution in [3.05, 3.63) is 40.7 Å². The first-order chi connectivity index (χ1) is 8.79. The molecule has 5 nitrogen and oxygen atoms in total. The number of unbranched alkanes of at least 4 members (excludes halogenated alkanes) is 1. The molecular formula is C12H12ClN5. The number of hydrogen-bond donors (Lipinski definition) is 0. The van der Waals surface area contributed by atoms with Gasteiger partial charge in [-0.1, -0.05) is 23.7 Å². The fraction of sp³-hybridized carbons (Fsp3) is 0.333. The zero-order valence-electron chi connectivity index (χ0n) is 9.75. The molecule has 0 aliphatic heterocycles. The van der Waals surface area contributed by atoms with Crippen LogP contribution in [0.5, 0.6) is 0 Å². The Hall–Kier alpha value is -1.93. The van der Waals surface area contributed by atoms with Crippen molar-refractivity contribution in [2.75, 3.05) is 0 Å². The van der Waals surface area contributed by atoms with Crippen LogP contribution in [0.4, 0.5) is 0 Å². The minimum atomic E-state index is 0.514. The SMILES string of the molecule is N#CCCCn1nnnc1Cc1ccc(Cl)cc1. The lowest BCUT2D eigenvalue weighted by molar-refractivity contribution is 0.547. The second kappa shape index (κ2) is 6.12. The van der Waals surface area contributed by atoms with Gasteiger partial charge in [-0.3, -0.25) is 0 Å². The van der Waals surface area contributed by atoms with Crippen LogP contribution in [0.25, 0.3) is 0 Å². The van der Waals surface area contributed by atoms with Gasteiger partial charge >= 0.3 is 0 Å². The highest BCUT2D eigenvalue weighted by Gasteiger charge is 2.06. The van der Waals surface area contributed by atoms with Crippen LogP contribution >= 0.6 is 11.6 Å². The van der Waals surface area contributed by atoms with Crippen LogP contribution in [0.2, 0.25) is 5.02 Å². The van der Waals surface area contributed by atoms with E-state index >= 15 is 0 Å². The Morgan fingerprint density at radius 1 is 1.28 bits per heavy atom. The fourth-order valence-corrected chi connectivity index (χ4v) is 1.74. The largest absolute Gasteiger partial charge is 0.229 e. The van der Waals surface area contributed by atoms with Gasteiger partial charge in [0, 0.05) is 24.4 Å². The molecule has 1 aromatic carbocycles. The molecule has 0 bridgehead atoms. The summed E-state index contributed by atoms with van der Waals surface area (Å²) in [5.41, 5.74) is 1.11. The second-order valence-electron chi connectivity index (χ2n) is 3.88. The number of rotatable bonds is 5. The molecule has 0 saturated heterocycles. The second-order valence-corrected chi connectivity index (χ2v) is 4.32. The molecular weight excluding hydrogens is 250 g/mol. The van der Waals surface area contributed by atoms with E-state index in [1.807, 2.05) is 24.3 Å². The Morgan fingerprint density at radius 3 is 2.78 bits per heavy atom. The summed E-state index contributed by atoms with van der Waals surface area (Å²) in [6.45, 7) is 0.670. The van der Waals surface area contributed by atoms with Gasteiger partial charge in [0.25, 0.3) is 0 Å². The van der Waals surface area contributed by atoms with E-state index < -0.39 is 0 Å². The lowest BCUT2D eigenvalue weighted by Crippen LogP contribution is -2.06. The van der Waals surface area contributed by atoms with Gasteiger partial charge in [0.15, 0.2) is 5.82 Å². The quantitative estimate of drug-likeness (QED) is 0.774. The van der Waals surface area contributed by atoms with Crippen molar-refractivity contribution in [3.8, 4) is 6.07 Å². The first kappa shape index (κ1) is 12.5. The fourth-order valence-electron chi connectivity index (χ4n) is 1.62. The first-order valence-corrected chi connectivity index (χ1v) is 6.04. The van der Waals surface area contributed by atoms with Crippen LogP contribution in [-0.4, -0.2) is 20.2 Å². The molecule has 0 spiro atoms. The summed E-state index contributed by atoms with van der Waals surface area (Å²) in [5.74, 6) is 0.801. The van der Waals surface area contributed by atoms with Crippen molar-refractivity contribution in [1.82, 2.24) is 20.2 Å². The maximum Gasteiger partial charge on any atom is 0.155 e. The van der Waals surface area contributed by atoms with E-state index in [0.717, 1.165) is 17.8 Å². The van der Waals surface area contributed by atoms with Gasteiger partial charge in [-0.15, -0.1) is 5.10 Å². The molecule has 18 heavy (non-hydrogen) atoms. The van der Waals surface area contributed by atoms with E-state index in [2.05, 4.69) is 21.6 Å². The van der Waals surface area contributed by atoms with E-state index in [1.54, 1.807) is 4.68 Å². The Labute approximate surface area is 110 Å². The number of aromatic nitrogens is 4. The van der Waals surface area contributed by atoms with Gasteiger partial charge < -0.3 is 0 Å². The molecule has 1 heterocycles. The third-order valence-corrected chi connectivity index (χ3v) is 2.79. The number of benzene rings is 1. The van der Waals surface area contributed by atoms with Gasteiger partial charge in [0.1, 0.15) is 0 Å². The highest BCUT2D eigenvalue weighted by Crippen LogP contribution is 2.12. The molecule has 1 aromatic heterocycles. The number of nitriles is 1. The van der Waals surface area contributed by atoms with Gasteiger partial charge in [-0.2, -0.15) is 5.26 Å². The van der Waals surface area contributed by atoms with Gasteiger partial charge in [0.2, 0.25) is 0 Å². The van der Waals surface area contributed by atoms with Gasteiger partial charge in [0.05, 0.1) is 6.07 Å². The standard InChI is InChI=1S/C12H12ClN5/c13-11-5-3-10(4-6-11)9-12-15-16-17-18(12)8-2-1-7-14/h3-6H,1-2,8-9H2. The molecule has 0 unspecified atom stereocenters. The number of hydrogen-bond acceptors (Lipinski definition) is 4. The summed E-state index contributed by atoms with van der Waals surface area (Å²) in [4.78, 5) is 0. The molecule has 6 heteroatoms. The van der Waals surface area contributed by atoms with E-state index in [-0.39, 0.29) is 0 Å². The zero-order chi connectivity index (χ0) is 12.8. The first-order valence-electron chi connectivity index (χ1n) is 5.66. The van der Waals surface area contributed by atoms with Crippen molar-refractivity contribution in [2.45, 2.75) is 25.8 Å². The highest BCUT2D eigenvalue weighted by molar-refractivity contribution is 6.30. The monoisotopic (exact) mass is 261 g/mol. The van der Waals surface area contributed by atoms with Crippen molar-refractivity contribution >= 4 is 11.6 Å². The van der Waals surface area contributed by atoms with E-state index in [9.17, 15) is 0 Å². The minimum absolute atomic E-state index is 0.514. The van der Waals surface area contributed by atoms with Gasteiger partial charge in [-0.05, 0) is 34.5 Å². The zero-order valence-corrected chi connectivity index (χ0v) is 10.5. The topological polar surface area (TPSA) is 67.4 Å². The number of halogens is 1. The molecule has 0 atom stereocenters. The molecule has 0 fully saturated rings. The Morgan fingerprint density at radius 2 is 2.06 bits per heavy atom. The third kappa shape index (κ3) is 3.28. The average molecular weight is 262 g/mol. The van der Waals surface area contributed by atoms with Crippen LogP contribution < -0.4 is 0 Å². The molecule has 0 aliphatic rings. The predicted octanol–water partition coefficient (Wildman–Crippen LogP) is 2.22. The molecule has 92 valence electrons. The summed E-state index contributed by atoms with van der Waals surface area (Å²) in [7, 11) is 0. The average Bonchev–Trinajstić information content (AvgIpc) is 2.80. The smallest absolute Gasteiger partial charge is 0.155 e. The van der Waals surface area contributed by atoms with Crippen LogP contribution in [0, 0.1) is 11.3 Å². The Balaban J connectivity index is 2.03. The molecule has 0 saturated carbocycles. The molecule has 0 amide bonds. The van der Waals surface area contributed by atoms with Crippen LogP contribution in [-0.2, 0) is 13.0 Å². The molecule has 0 N–H and O–H groups in total. The van der Waals surface area contributed by atoms with Crippen LogP contribution in [0.3, 0.4) is 0 Å². The molecule has 0 radical (unpaired) electrons. The molecule has 2 rings (SSSR count). The predicted molar refractivity (Wildman–Crippen MR) is 66.9 cm³/mol. The summed E-state index contributed by atoms with van der Waals surface area (Å²) in [5, 5.41) is 20.8. The highest BCUT2D eigenvalue weighted by atomic mass is 35.5. The molecule has 2 aromatic rings. The number of aryl methyl sites for hydroxylation is 1. The van der Waals surface area contributed by atoms with E-state index in [4.69, 9.17) is 16.9 Å². The summed E-state index contributed by atoms with van der Waals surface area (Å²) >= 11 is 5.83. The minimum Gasteiger partial charge on any atom is -0.229 e. The maximum absolute atomic E-state index is 8.50. The van der Waals surface area contributed by atoms with Crippen molar-refractivity contribution < 1.29 is 0 Å². The third-order valence-electron chi connectivity index (χ3n) is 2.54. The van der Waals surface area contributed by atoms with Crippen molar-refractivity contribution in [1.29, 1.82) is 5.26 Å². The van der Waals surface area contributed by atoms with Crippen molar-refractivity contribution in [2.24, 2.45) is 0 Å². The molecule has 0 aliphatic carbocycles. The normalized spacial score (nSPS) is 10.2. The van der Waals surface area contributed by atoms with Crippen molar-refractivity contribution in [3.63, 3.8) is 0 Å². The Kier molecular flexibility index (Phi) is 4.26. The van der Waals surface area contributed by atoms with E-state index in [0.29, 0.717) is 24.4 Å². The summed E-state index contributed by atoms with van der Waals surface area (Å²) < 4.78 is 1.74. The maximum atomic E-state index is 8.50.